The molecule has 7 heteroatoms. The van der Waals surface area contributed by atoms with Crippen molar-refractivity contribution in [3.63, 3.8) is 0 Å². The van der Waals surface area contributed by atoms with Crippen LogP contribution in [0.4, 0.5) is 10.1 Å². The zero-order chi connectivity index (χ0) is 16.2. The molecule has 3 N–H and O–H groups in total. The number of amides is 1. The van der Waals surface area contributed by atoms with Gasteiger partial charge < -0.3 is 25.2 Å². The molecule has 1 aromatic rings. The second-order valence-corrected chi connectivity index (χ2v) is 5.10. The maximum absolute atomic E-state index is 13.2. The van der Waals surface area contributed by atoms with E-state index < -0.39 is 5.82 Å². The van der Waals surface area contributed by atoms with Crippen molar-refractivity contribution in [2.24, 2.45) is 0 Å². The van der Waals surface area contributed by atoms with E-state index >= 15 is 0 Å². The lowest BCUT2D eigenvalue weighted by Gasteiger charge is -2.05. The number of rotatable bonds is 6. The molecule has 0 unspecified atom stereocenters. The first-order valence-electron chi connectivity index (χ1n) is 7.30. The highest BCUT2D eigenvalue weighted by Gasteiger charge is 2.30. The molecule has 0 fully saturated rings. The second-order valence-electron chi connectivity index (χ2n) is 5.10. The average molecular weight is 320 g/mol. The van der Waals surface area contributed by atoms with E-state index in [-0.39, 0.29) is 12.5 Å². The summed E-state index contributed by atoms with van der Waals surface area (Å²) in [6.45, 7) is 1.68. The molecule has 0 atom stereocenters. The van der Waals surface area contributed by atoms with Crippen LogP contribution in [0, 0.1) is 5.82 Å². The first-order valence-corrected chi connectivity index (χ1v) is 7.30. The second kappa shape index (κ2) is 6.80. The Morgan fingerprint density at radius 1 is 1.39 bits per heavy atom. The Morgan fingerprint density at radius 3 is 3.09 bits per heavy atom. The summed E-state index contributed by atoms with van der Waals surface area (Å²) in [5.74, 6) is -0.237. The third-order valence-corrected chi connectivity index (χ3v) is 3.50. The minimum atomic E-state index is -0.400. The Balaban J connectivity index is 1.72. The van der Waals surface area contributed by atoms with Crippen molar-refractivity contribution in [1.82, 2.24) is 5.32 Å². The van der Waals surface area contributed by atoms with Crippen LogP contribution in [0.1, 0.15) is 5.56 Å². The van der Waals surface area contributed by atoms with Gasteiger partial charge in [0.15, 0.2) is 0 Å². The molecular weight excluding hydrogens is 303 g/mol. The number of carbonyl (C=O) groups excluding carboxylic acids is 1. The first-order chi connectivity index (χ1) is 11.2. The van der Waals surface area contributed by atoms with E-state index in [0.717, 1.165) is 5.70 Å². The van der Waals surface area contributed by atoms with Gasteiger partial charge in [-0.3, -0.25) is 4.79 Å². The van der Waals surface area contributed by atoms with Crippen LogP contribution in [-0.4, -0.2) is 44.0 Å². The fourth-order valence-corrected chi connectivity index (χ4v) is 2.48. The summed E-state index contributed by atoms with van der Waals surface area (Å²) >= 11 is 0. The average Bonchev–Trinajstić information content (AvgIpc) is 3.10. The Labute approximate surface area is 132 Å². The number of hydrogen-bond acceptors (Lipinski definition) is 5. The lowest BCUT2D eigenvalue weighted by atomic mass is 10.1. The lowest BCUT2D eigenvalue weighted by Crippen LogP contribution is -2.20. The van der Waals surface area contributed by atoms with Crippen LogP contribution in [0.3, 0.4) is 0 Å². The van der Waals surface area contributed by atoms with Gasteiger partial charge in [0, 0.05) is 18.2 Å². The van der Waals surface area contributed by atoms with Crippen molar-refractivity contribution in [2.45, 2.75) is 0 Å². The van der Waals surface area contributed by atoms with E-state index in [1.165, 1.54) is 12.1 Å². The third-order valence-electron chi connectivity index (χ3n) is 3.50. The summed E-state index contributed by atoms with van der Waals surface area (Å²) < 4.78 is 24.0. The summed E-state index contributed by atoms with van der Waals surface area (Å²) in [5, 5.41) is 14.4. The minimum Gasteiger partial charge on any atom is -0.486 e. The number of hydrogen-bond donors (Lipinski definition) is 3. The van der Waals surface area contributed by atoms with Crippen LogP contribution in [0.2, 0.25) is 0 Å². The van der Waals surface area contributed by atoms with Crippen LogP contribution in [-0.2, 0) is 14.3 Å². The van der Waals surface area contributed by atoms with Gasteiger partial charge in [-0.2, -0.15) is 0 Å². The summed E-state index contributed by atoms with van der Waals surface area (Å²) in [6.07, 6.45) is 1.76. The molecule has 2 aliphatic rings. The first kappa shape index (κ1) is 15.5. The normalized spacial score (nSPS) is 19.2. The summed E-state index contributed by atoms with van der Waals surface area (Å²) in [5.41, 5.74) is 2.33. The van der Waals surface area contributed by atoms with Gasteiger partial charge in [-0.05, 0) is 18.2 Å². The number of allylic oxidation sites excluding steroid dienone is 1. The standard InChI is InChI=1S/C16H17FN2O4/c17-10-1-2-12-13(7-10)19-16(21)15(12)14-8-11(9-23-14)18-3-5-22-6-4-20/h1-2,7-8,18,20H,3-6,9H2,(H,19,21). The maximum Gasteiger partial charge on any atom is 0.260 e. The molecule has 0 aromatic heterocycles. The number of nitrogens with one attached hydrogen (secondary N) is 2. The third kappa shape index (κ3) is 3.35. The van der Waals surface area contributed by atoms with E-state index in [1.807, 2.05) is 0 Å². The highest BCUT2D eigenvalue weighted by atomic mass is 19.1. The SMILES string of the molecule is O=C1Nc2cc(F)ccc2C1=C1C=C(NCCOCCO)CO1. The Bertz CT molecular complexity index is 685. The molecule has 1 aromatic carbocycles. The number of aliphatic hydroxyl groups is 1. The molecule has 23 heavy (non-hydrogen) atoms. The summed E-state index contributed by atoms with van der Waals surface area (Å²) in [7, 11) is 0. The van der Waals surface area contributed by atoms with Crippen molar-refractivity contribution in [3.8, 4) is 0 Å². The highest BCUT2D eigenvalue weighted by molar-refractivity contribution is 6.32. The zero-order valence-electron chi connectivity index (χ0n) is 12.4. The number of benzene rings is 1. The quantitative estimate of drug-likeness (QED) is 0.538. The minimum absolute atomic E-state index is 0.00281. The van der Waals surface area contributed by atoms with Gasteiger partial charge >= 0.3 is 0 Å². The fraction of sp³-hybridized carbons (Fsp3) is 0.312. The van der Waals surface area contributed by atoms with E-state index in [0.29, 0.717) is 48.9 Å². The van der Waals surface area contributed by atoms with Crippen LogP contribution in [0.25, 0.3) is 5.57 Å². The molecule has 0 aliphatic carbocycles. The maximum atomic E-state index is 13.2. The predicted octanol–water partition coefficient (Wildman–Crippen LogP) is 1.00. The van der Waals surface area contributed by atoms with E-state index in [9.17, 15) is 9.18 Å². The van der Waals surface area contributed by atoms with Gasteiger partial charge in [0.2, 0.25) is 0 Å². The fourth-order valence-electron chi connectivity index (χ4n) is 2.48. The number of ether oxygens (including phenoxy) is 2. The Kier molecular flexibility index (Phi) is 4.59. The molecule has 0 saturated carbocycles. The highest BCUT2D eigenvalue weighted by Crippen LogP contribution is 2.36. The number of fused-ring (bicyclic) bond motifs is 1. The smallest absolute Gasteiger partial charge is 0.260 e. The van der Waals surface area contributed by atoms with Crippen molar-refractivity contribution in [2.75, 3.05) is 38.3 Å². The molecule has 0 saturated heterocycles. The van der Waals surface area contributed by atoms with Crippen LogP contribution >= 0.6 is 0 Å². The number of carbonyl (C=O) groups is 1. The molecule has 2 aliphatic heterocycles. The Morgan fingerprint density at radius 2 is 2.26 bits per heavy atom. The van der Waals surface area contributed by atoms with E-state index in [4.69, 9.17) is 14.6 Å². The molecule has 122 valence electrons. The van der Waals surface area contributed by atoms with Crippen LogP contribution in [0.15, 0.2) is 35.7 Å². The molecule has 1 amide bonds. The largest absolute Gasteiger partial charge is 0.486 e. The molecule has 0 spiro atoms. The Hall–Kier alpha value is -2.38. The van der Waals surface area contributed by atoms with Crippen molar-refractivity contribution < 1.29 is 23.8 Å². The van der Waals surface area contributed by atoms with E-state index in [2.05, 4.69) is 10.6 Å². The summed E-state index contributed by atoms with van der Waals surface area (Å²) in [4.78, 5) is 12.1. The molecule has 0 radical (unpaired) electrons. The lowest BCUT2D eigenvalue weighted by molar-refractivity contribution is -0.110. The monoisotopic (exact) mass is 320 g/mol. The molecule has 6 nitrogen and oxygen atoms in total. The summed E-state index contributed by atoms with van der Waals surface area (Å²) in [6, 6.07) is 4.17. The predicted molar refractivity (Wildman–Crippen MR) is 81.9 cm³/mol. The van der Waals surface area contributed by atoms with Crippen LogP contribution in [0.5, 0.6) is 0 Å². The van der Waals surface area contributed by atoms with Gasteiger partial charge in [0.25, 0.3) is 5.91 Å². The van der Waals surface area contributed by atoms with Crippen molar-refractivity contribution >= 4 is 17.2 Å². The van der Waals surface area contributed by atoms with Gasteiger partial charge in [0.05, 0.1) is 36.8 Å². The number of anilines is 1. The molecule has 3 rings (SSSR count). The van der Waals surface area contributed by atoms with Gasteiger partial charge in [0.1, 0.15) is 18.2 Å². The number of aliphatic hydroxyl groups excluding tert-OH is 1. The van der Waals surface area contributed by atoms with Crippen molar-refractivity contribution in [3.05, 3.63) is 47.1 Å². The molecule has 0 bridgehead atoms. The number of halogens is 1. The zero-order valence-corrected chi connectivity index (χ0v) is 12.4. The topological polar surface area (TPSA) is 79.8 Å². The van der Waals surface area contributed by atoms with Gasteiger partial charge in [-0.25, -0.2) is 4.39 Å². The molecular formula is C16H17FN2O4. The van der Waals surface area contributed by atoms with Crippen molar-refractivity contribution in [1.29, 1.82) is 0 Å². The van der Waals surface area contributed by atoms with Gasteiger partial charge in [-0.1, -0.05) is 0 Å². The van der Waals surface area contributed by atoms with E-state index in [1.54, 1.807) is 12.1 Å². The van der Waals surface area contributed by atoms with Crippen LogP contribution < -0.4 is 10.6 Å². The van der Waals surface area contributed by atoms with Gasteiger partial charge in [-0.15, -0.1) is 0 Å². The molecule has 2 heterocycles.